The lowest BCUT2D eigenvalue weighted by Crippen LogP contribution is -2.24. The van der Waals surface area contributed by atoms with Crippen LogP contribution >= 0.6 is 0 Å². The van der Waals surface area contributed by atoms with Crippen molar-refractivity contribution in [1.82, 2.24) is 0 Å². The molecule has 0 amide bonds. The third kappa shape index (κ3) is 2.50. The summed E-state index contributed by atoms with van der Waals surface area (Å²) in [5, 5.41) is 20.0. The van der Waals surface area contributed by atoms with Crippen LogP contribution in [-0.2, 0) is 0 Å². The lowest BCUT2D eigenvalue weighted by Gasteiger charge is -2.28. The van der Waals surface area contributed by atoms with E-state index in [1.807, 2.05) is 0 Å². The Balaban J connectivity index is 2.29. The summed E-state index contributed by atoms with van der Waals surface area (Å²) in [5.74, 6) is 0.166. The number of rotatable bonds is 3. The molecule has 1 N–H and O–H groups in total. The van der Waals surface area contributed by atoms with Crippen LogP contribution in [0.1, 0.15) is 49.8 Å². The molecule has 0 radical (unpaired) electrons. The normalized spacial score (nSPS) is 28.1. The van der Waals surface area contributed by atoms with Crippen molar-refractivity contribution in [3.05, 3.63) is 35.1 Å². The predicted molar refractivity (Wildman–Crippen MR) is 71.8 cm³/mol. The van der Waals surface area contributed by atoms with Gasteiger partial charge in [-0.05, 0) is 49.3 Å². The Hall–Kier alpha value is -1.40. The second kappa shape index (κ2) is 5.30. The van der Waals surface area contributed by atoms with E-state index >= 15 is 0 Å². The molecule has 2 nitrogen and oxygen atoms in total. The van der Waals surface area contributed by atoms with E-state index in [1.165, 1.54) is 6.07 Å². The topological polar surface area (TPSA) is 44.0 Å². The Morgan fingerprint density at radius 2 is 2.32 bits per heavy atom. The van der Waals surface area contributed by atoms with Gasteiger partial charge in [0.25, 0.3) is 0 Å². The summed E-state index contributed by atoms with van der Waals surface area (Å²) in [4.78, 5) is 0. The molecule has 102 valence electrons. The number of benzene rings is 1. The van der Waals surface area contributed by atoms with Gasteiger partial charge in [0.05, 0.1) is 17.6 Å². The number of aryl methyl sites for hydroxylation is 1. The number of nitrogens with zero attached hydrogens (tertiary/aromatic N) is 1. The smallest absolute Gasteiger partial charge is 0.126 e. The third-order valence-electron chi connectivity index (χ3n) is 4.49. The monoisotopic (exact) mass is 261 g/mol. The molecule has 1 saturated carbocycles. The summed E-state index contributed by atoms with van der Waals surface area (Å²) in [6.07, 6.45) is 2.49. The summed E-state index contributed by atoms with van der Waals surface area (Å²) in [7, 11) is 0. The van der Waals surface area contributed by atoms with Gasteiger partial charge in [0.2, 0.25) is 0 Å². The molecule has 3 unspecified atom stereocenters. The summed E-state index contributed by atoms with van der Waals surface area (Å²) >= 11 is 0. The second-order valence-corrected chi connectivity index (χ2v) is 5.70. The molecule has 1 aromatic carbocycles. The molecule has 1 aromatic rings. The van der Waals surface area contributed by atoms with E-state index in [-0.39, 0.29) is 5.82 Å². The Morgan fingerprint density at radius 3 is 2.84 bits per heavy atom. The van der Waals surface area contributed by atoms with Crippen LogP contribution in [-0.4, -0.2) is 5.11 Å². The van der Waals surface area contributed by atoms with Crippen LogP contribution in [0.5, 0.6) is 0 Å². The van der Waals surface area contributed by atoms with Crippen molar-refractivity contribution in [3.8, 4) is 6.07 Å². The molecule has 3 atom stereocenters. The molecular weight excluding hydrogens is 241 g/mol. The highest BCUT2D eigenvalue weighted by atomic mass is 19.1. The van der Waals surface area contributed by atoms with E-state index in [1.54, 1.807) is 19.1 Å². The summed E-state index contributed by atoms with van der Waals surface area (Å²) in [6, 6.07) is 7.04. The van der Waals surface area contributed by atoms with Gasteiger partial charge < -0.3 is 5.11 Å². The maximum atomic E-state index is 13.6. The van der Waals surface area contributed by atoms with Crippen LogP contribution in [0.4, 0.5) is 4.39 Å². The van der Waals surface area contributed by atoms with E-state index in [0.29, 0.717) is 29.9 Å². The molecule has 0 heterocycles. The Morgan fingerprint density at radius 1 is 1.58 bits per heavy atom. The summed E-state index contributed by atoms with van der Waals surface area (Å²) in [6.45, 7) is 3.80. The minimum atomic E-state index is -0.899. The first-order chi connectivity index (χ1) is 9.02. The minimum Gasteiger partial charge on any atom is -0.387 e. The van der Waals surface area contributed by atoms with Gasteiger partial charge in [-0.15, -0.1) is 0 Å². The zero-order valence-corrected chi connectivity index (χ0v) is 11.5. The fourth-order valence-electron chi connectivity index (χ4n) is 3.04. The van der Waals surface area contributed by atoms with Crippen LogP contribution < -0.4 is 0 Å². The first kappa shape index (κ1) is 14.0. The summed E-state index contributed by atoms with van der Waals surface area (Å²) in [5.41, 5.74) is 0.323. The largest absolute Gasteiger partial charge is 0.387 e. The van der Waals surface area contributed by atoms with Crippen LogP contribution in [0.15, 0.2) is 18.2 Å². The van der Waals surface area contributed by atoms with Crippen molar-refractivity contribution in [3.63, 3.8) is 0 Å². The lowest BCUT2D eigenvalue weighted by molar-refractivity contribution is 0.0638. The number of aliphatic hydroxyl groups excluding tert-OH is 1. The average molecular weight is 261 g/mol. The van der Waals surface area contributed by atoms with Gasteiger partial charge in [0, 0.05) is 0 Å². The highest BCUT2D eigenvalue weighted by molar-refractivity contribution is 5.28. The van der Waals surface area contributed by atoms with Crippen LogP contribution in [0, 0.1) is 35.4 Å². The molecule has 2 rings (SSSR count). The number of nitriles is 1. The standard InChI is InChI=1S/C16H20FNO/c1-3-12-6-7-16(9-12,10-18)15(19)13-5-4-11(2)14(17)8-13/h4-5,8,12,15,19H,3,6-7,9H2,1-2H3. The molecule has 0 spiro atoms. The maximum absolute atomic E-state index is 13.6. The van der Waals surface area contributed by atoms with Gasteiger partial charge in [-0.2, -0.15) is 5.26 Å². The highest BCUT2D eigenvalue weighted by Gasteiger charge is 2.45. The second-order valence-electron chi connectivity index (χ2n) is 5.70. The summed E-state index contributed by atoms with van der Waals surface area (Å²) < 4.78 is 13.6. The molecular formula is C16H20FNO. The van der Waals surface area contributed by atoms with Crippen molar-refractivity contribution in [2.45, 2.75) is 45.6 Å². The molecule has 1 aliphatic carbocycles. The molecule has 0 aromatic heterocycles. The van der Waals surface area contributed by atoms with E-state index in [0.717, 1.165) is 12.8 Å². The SMILES string of the molecule is CCC1CCC(C#N)(C(O)c2ccc(C)c(F)c2)C1. The average Bonchev–Trinajstić information content (AvgIpc) is 2.86. The molecule has 0 aliphatic heterocycles. The van der Waals surface area contributed by atoms with Crippen molar-refractivity contribution in [2.75, 3.05) is 0 Å². The van der Waals surface area contributed by atoms with E-state index in [9.17, 15) is 14.8 Å². The minimum absolute atomic E-state index is 0.324. The fraction of sp³-hybridized carbons (Fsp3) is 0.562. The van der Waals surface area contributed by atoms with Crippen molar-refractivity contribution in [2.24, 2.45) is 11.3 Å². The number of hydrogen-bond donors (Lipinski definition) is 1. The van der Waals surface area contributed by atoms with Crippen LogP contribution in [0.25, 0.3) is 0 Å². The van der Waals surface area contributed by atoms with Crippen molar-refractivity contribution in [1.29, 1.82) is 5.26 Å². The highest BCUT2D eigenvalue weighted by Crippen LogP contribution is 2.50. The van der Waals surface area contributed by atoms with Crippen molar-refractivity contribution >= 4 is 0 Å². The number of aliphatic hydroxyl groups is 1. The molecule has 19 heavy (non-hydrogen) atoms. The lowest BCUT2D eigenvalue weighted by atomic mass is 9.77. The molecule has 0 saturated heterocycles. The molecule has 0 bridgehead atoms. The van der Waals surface area contributed by atoms with Crippen LogP contribution in [0.2, 0.25) is 0 Å². The first-order valence-corrected chi connectivity index (χ1v) is 6.88. The third-order valence-corrected chi connectivity index (χ3v) is 4.49. The van der Waals surface area contributed by atoms with E-state index in [4.69, 9.17) is 0 Å². The number of hydrogen-bond acceptors (Lipinski definition) is 2. The molecule has 1 fully saturated rings. The van der Waals surface area contributed by atoms with Crippen LogP contribution in [0.3, 0.4) is 0 Å². The molecule has 3 heteroatoms. The zero-order valence-electron chi connectivity index (χ0n) is 11.5. The Labute approximate surface area is 113 Å². The van der Waals surface area contributed by atoms with Gasteiger partial charge in [0.15, 0.2) is 0 Å². The van der Waals surface area contributed by atoms with Gasteiger partial charge in [-0.25, -0.2) is 4.39 Å². The fourth-order valence-corrected chi connectivity index (χ4v) is 3.04. The molecule has 1 aliphatic rings. The van der Waals surface area contributed by atoms with Gasteiger partial charge in [0.1, 0.15) is 5.82 Å². The van der Waals surface area contributed by atoms with E-state index in [2.05, 4.69) is 13.0 Å². The van der Waals surface area contributed by atoms with Gasteiger partial charge in [-0.1, -0.05) is 25.5 Å². The Bertz CT molecular complexity index is 508. The quantitative estimate of drug-likeness (QED) is 0.897. The maximum Gasteiger partial charge on any atom is 0.126 e. The number of halogens is 1. The zero-order chi connectivity index (χ0) is 14.0. The van der Waals surface area contributed by atoms with Crippen molar-refractivity contribution < 1.29 is 9.50 Å². The van der Waals surface area contributed by atoms with Gasteiger partial charge in [-0.3, -0.25) is 0 Å². The Kier molecular flexibility index (Phi) is 3.91. The first-order valence-electron chi connectivity index (χ1n) is 6.88. The van der Waals surface area contributed by atoms with Gasteiger partial charge >= 0.3 is 0 Å². The predicted octanol–water partition coefficient (Wildman–Crippen LogP) is 3.89. The van der Waals surface area contributed by atoms with E-state index < -0.39 is 11.5 Å².